The van der Waals surface area contributed by atoms with E-state index in [0.717, 1.165) is 22.3 Å². The maximum Gasteiger partial charge on any atom is 0.407 e. The molecule has 0 saturated carbocycles. The van der Waals surface area contributed by atoms with Crippen LogP contribution in [0.3, 0.4) is 0 Å². The average molecular weight is 586 g/mol. The molecule has 1 saturated heterocycles. The number of hydrazine groups is 1. The van der Waals surface area contributed by atoms with Gasteiger partial charge in [-0.25, -0.2) is 9.59 Å². The number of likely N-dealkylation sites (tertiary alicyclic amines) is 1. The number of nitrogens with one attached hydrogen (secondary N) is 3. The minimum atomic E-state index is -0.844. The molecule has 43 heavy (non-hydrogen) atoms. The fraction of sp³-hybridized carbons (Fsp3) is 0.258. The summed E-state index contributed by atoms with van der Waals surface area (Å²) >= 11 is 0. The Kier molecular flexibility index (Phi) is 8.96. The van der Waals surface area contributed by atoms with E-state index in [4.69, 9.17) is 10.5 Å². The zero-order valence-electron chi connectivity index (χ0n) is 23.2. The standard InChI is InChI=1S/C31H31N5O7/c32-16-28(38)43-30(40)19-11-13-20(14-12-19)34-35-29(39)26-10-5-15-36(26)27(37)17-33-31(41)42-18-25-23-8-3-1-6-21(23)22-7-2-4-9-24(22)25/h1-4,6-9,11-14,25-26,34H,5,10,15-18,32H2,(H,33,41)(H,35,39)/t26-/m0/s1. The number of anilines is 1. The second-order valence-electron chi connectivity index (χ2n) is 10.1. The second-order valence-corrected chi connectivity index (χ2v) is 10.1. The number of benzene rings is 3. The van der Waals surface area contributed by atoms with E-state index in [1.54, 1.807) is 0 Å². The van der Waals surface area contributed by atoms with Gasteiger partial charge >= 0.3 is 18.0 Å². The first-order valence-corrected chi connectivity index (χ1v) is 13.8. The Labute approximate surface area is 247 Å². The lowest BCUT2D eigenvalue weighted by atomic mass is 9.98. The van der Waals surface area contributed by atoms with Crippen LogP contribution >= 0.6 is 0 Å². The number of amides is 3. The number of nitrogens with two attached hydrogens (primary N) is 1. The Bertz CT molecular complexity index is 1500. The van der Waals surface area contributed by atoms with Crippen molar-refractivity contribution < 1.29 is 33.4 Å². The minimum Gasteiger partial charge on any atom is -0.449 e. The average Bonchev–Trinajstić information content (AvgIpc) is 3.65. The zero-order valence-corrected chi connectivity index (χ0v) is 23.2. The third-order valence-electron chi connectivity index (χ3n) is 7.43. The molecular formula is C31H31N5O7. The van der Waals surface area contributed by atoms with E-state index in [9.17, 15) is 24.0 Å². The van der Waals surface area contributed by atoms with Gasteiger partial charge in [0.25, 0.3) is 5.91 Å². The predicted octanol–water partition coefficient (Wildman–Crippen LogP) is 2.30. The molecular weight excluding hydrogens is 554 g/mol. The van der Waals surface area contributed by atoms with Gasteiger partial charge in [-0.3, -0.25) is 25.2 Å². The number of hydrogen-bond acceptors (Lipinski definition) is 9. The third-order valence-corrected chi connectivity index (χ3v) is 7.43. The van der Waals surface area contributed by atoms with Crippen LogP contribution in [0.4, 0.5) is 10.5 Å². The fourth-order valence-corrected chi connectivity index (χ4v) is 5.35. The van der Waals surface area contributed by atoms with Gasteiger partial charge in [0.15, 0.2) is 0 Å². The van der Waals surface area contributed by atoms with Crippen molar-refractivity contribution in [2.45, 2.75) is 24.8 Å². The molecule has 1 aliphatic heterocycles. The summed E-state index contributed by atoms with van der Waals surface area (Å²) in [5, 5.41) is 2.51. The smallest absolute Gasteiger partial charge is 0.407 e. The number of esters is 2. The lowest BCUT2D eigenvalue weighted by Gasteiger charge is -2.24. The van der Waals surface area contributed by atoms with E-state index >= 15 is 0 Å². The molecule has 5 rings (SSSR count). The number of alkyl carbamates (subject to hydrolysis) is 1. The first-order chi connectivity index (χ1) is 20.9. The van der Waals surface area contributed by atoms with Crippen molar-refractivity contribution in [3.8, 4) is 11.1 Å². The van der Waals surface area contributed by atoms with Gasteiger partial charge in [-0.2, -0.15) is 0 Å². The van der Waals surface area contributed by atoms with Crippen LogP contribution in [0, 0.1) is 0 Å². The molecule has 1 heterocycles. The normalized spacial score (nSPS) is 15.2. The largest absolute Gasteiger partial charge is 0.449 e. The highest BCUT2D eigenvalue weighted by molar-refractivity contribution is 5.97. The van der Waals surface area contributed by atoms with E-state index < -0.39 is 42.4 Å². The van der Waals surface area contributed by atoms with Gasteiger partial charge in [-0.05, 0) is 59.4 Å². The molecule has 12 nitrogen and oxygen atoms in total. The number of nitrogens with zero attached hydrogens (tertiary/aromatic N) is 1. The number of carbonyl (C=O) groups is 5. The topological polar surface area (TPSA) is 169 Å². The first-order valence-electron chi connectivity index (χ1n) is 13.8. The third kappa shape index (κ3) is 6.65. The fourth-order valence-electron chi connectivity index (χ4n) is 5.35. The van der Waals surface area contributed by atoms with E-state index in [1.807, 2.05) is 36.4 Å². The summed E-state index contributed by atoms with van der Waals surface area (Å²) in [6, 6.07) is 21.2. The number of fused-ring (bicyclic) bond motifs is 3. The van der Waals surface area contributed by atoms with E-state index in [0.29, 0.717) is 25.1 Å². The summed E-state index contributed by atoms with van der Waals surface area (Å²) in [6.45, 7) is -0.217. The van der Waals surface area contributed by atoms with Crippen LogP contribution in [0.5, 0.6) is 0 Å². The summed E-state index contributed by atoms with van der Waals surface area (Å²) in [5.41, 5.74) is 15.4. The van der Waals surface area contributed by atoms with Gasteiger partial charge in [0, 0.05) is 12.5 Å². The van der Waals surface area contributed by atoms with Crippen molar-refractivity contribution in [3.05, 3.63) is 89.5 Å². The van der Waals surface area contributed by atoms with Crippen LogP contribution < -0.4 is 21.9 Å². The van der Waals surface area contributed by atoms with Crippen molar-refractivity contribution in [2.24, 2.45) is 5.73 Å². The van der Waals surface area contributed by atoms with E-state index in [1.165, 1.54) is 29.2 Å². The zero-order chi connectivity index (χ0) is 30.3. The van der Waals surface area contributed by atoms with Crippen molar-refractivity contribution >= 4 is 35.5 Å². The Balaban J connectivity index is 1.08. The summed E-state index contributed by atoms with van der Waals surface area (Å²) in [4.78, 5) is 62.8. The molecule has 1 aliphatic carbocycles. The Hall–Kier alpha value is -5.23. The van der Waals surface area contributed by atoms with Crippen LogP contribution in [0.25, 0.3) is 11.1 Å². The van der Waals surface area contributed by atoms with Gasteiger partial charge in [0.1, 0.15) is 19.2 Å². The van der Waals surface area contributed by atoms with Crippen molar-refractivity contribution in [1.29, 1.82) is 0 Å². The number of rotatable bonds is 9. The molecule has 3 aromatic rings. The van der Waals surface area contributed by atoms with Crippen LogP contribution in [0.2, 0.25) is 0 Å². The first kappa shape index (κ1) is 29.3. The number of ether oxygens (including phenoxy) is 2. The van der Waals surface area contributed by atoms with E-state index in [2.05, 4.69) is 33.0 Å². The van der Waals surface area contributed by atoms with E-state index in [-0.39, 0.29) is 24.6 Å². The SMILES string of the molecule is NCC(=O)OC(=O)c1ccc(NNC(=O)[C@@H]2CCCN2C(=O)CNC(=O)OCC2c3ccccc3-c3ccccc32)cc1. The van der Waals surface area contributed by atoms with Gasteiger partial charge in [-0.1, -0.05) is 48.5 Å². The van der Waals surface area contributed by atoms with Crippen molar-refractivity contribution in [3.63, 3.8) is 0 Å². The highest BCUT2D eigenvalue weighted by atomic mass is 16.6. The highest BCUT2D eigenvalue weighted by Gasteiger charge is 2.34. The van der Waals surface area contributed by atoms with Crippen LogP contribution in [0.1, 0.15) is 40.2 Å². The predicted molar refractivity (Wildman–Crippen MR) is 155 cm³/mol. The maximum absolute atomic E-state index is 12.9. The minimum absolute atomic E-state index is 0.0987. The van der Waals surface area contributed by atoms with Crippen molar-refractivity contribution in [1.82, 2.24) is 15.6 Å². The number of hydrogen-bond donors (Lipinski definition) is 4. The molecule has 222 valence electrons. The summed E-state index contributed by atoms with van der Waals surface area (Å²) in [5.74, 6) is -2.61. The molecule has 3 aromatic carbocycles. The quantitative estimate of drug-likeness (QED) is 0.167. The molecule has 1 fully saturated rings. The highest BCUT2D eigenvalue weighted by Crippen LogP contribution is 2.44. The van der Waals surface area contributed by atoms with Gasteiger partial charge in [-0.15, -0.1) is 0 Å². The summed E-state index contributed by atoms with van der Waals surface area (Å²) < 4.78 is 10.1. The Morgan fingerprint density at radius 2 is 1.53 bits per heavy atom. The van der Waals surface area contributed by atoms with Gasteiger partial charge in [0.2, 0.25) is 5.91 Å². The van der Waals surface area contributed by atoms with Crippen LogP contribution in [-0.4, -0.2) is 67.0 Å². The molecule has 5 N–H and O–H groups in total. The lowest BCUT2D eigenvalue weighted by molar-refractivity contribution is -0.137. The monoisotopic (exact) mass is 585 g/mol. The molecule has 0 aromatic heterocycles. The lowest BCUT2D eigenvalue weighted by Crippen LogP contribution is -2.50. The van der Waals surface area contributed by atoms with Crippen LogP contribution in [-0.2, 0) is 23.9 Å². The molecule has 2 aliphatic rings. The van der Waals surface area contributed by atoms with Gasteiger partial charge in [0.05, 0.1) is 17.8 Å². The molecule has 0 radical (unpaired) electrons. The summed E-state index contributed by atoms with van der Waals surface area (Å²) in [7, 11) is 0. The Morgan fingerprint density at radius 1 is 0.884 bits per heavy atom. The van der Waals surface area contributed by atoms with Crippen LogP contribution in [0.15, 0.2) is 72.8 Å². The molecule has 1 atom stereocenters. The van der Waals surface area contributed by atoms with Gasteiger partial charge < -0.3 is 25.4 Å². The second kappa shape index (κ2) is 13.2. The Morgan fingerprint density at radius 3 is 2.19 bits per heavy atom. The maximum atomic E-state index is 12.9. The molecule has 0 unspecified atom stereocenters. The molecule has 0 bridgehead atoms. The molecule has 12 heteroatoms. The number of carbonyl (C=O) groups excluding carboxylic acids is 5. The van der Waals surface area contributed by atoms with Crippen molar-refractivity contribution in [2.75, 3.05) is 31.7 Å². The molecule has 3 amide bonds. The summed E-state index contributed by atoms with van der Waals surface area (Å²) in [6.07, 6.45) is 0.383. The molecule has 0 spiro atoms.